The molecule has 0 aliphatic carbocycles. The molecule has 0 unspecified atom stereocenters. The number of carbonyl (C=O) groups is 1. The fourth-order valence-electron chi connectivity index (χ4n) is 3.13. The number of carboxylic acid groups (broad SMARTS) is 1. The summed E-state index contributed by atoms with van der Waals surface area (Å²) in [4.78, 5) is 32.9. The molecule has 0 saturated heterocycles. The van der Waals surface area contributed by atoms with E-state index < -0.39 is 11.5 Å². The molecular weight excluding hydrogens is 368 g/mol. The predicted octanol–water partition coefficient (Wildman–Crippen LogP) is 4.52. The van der Waals surface area contributed by atoms with Crippen molar-refractivity contribution in [3.05, 3.63) is 38.6 Å². The second kappa shape index (κ2) is 6.96. The van der Waals surface area contributed by atoms with Crippen LogP contribution in [0.5, 0.6) is 0 Å². The monoisotopic (exact) mass is 390 g/mol. The van der Waals surface area contributed by atoms with E-state index in [0.717, 1.165) is 28.2 Å². The molecule has 0 fully saturated rings. The Morgan fingerprint density at radius 3 is 2.62 bits per heavy atom. The number of rotatable bonds is 6. The number of fused-ring (bicyclic) bond motifs is 1. The first kappa shape index (κ1) is 18.8. The fourth-order valence-corrected chi connectivity index (χ4v) is 5.14. The van der Waals surface area contributed by atoms with Crippen LogP contribution in [0.15, 0.2) is 22.3 Å². The van der Waals surface area contributed by atoms with Gasteiger partial charge in [0.1, 0.15) is 16.2 Å². The van der Waals surface area contributed by atoms with Crippen LogP contribution in [0.1, 0.15) is 44.8 Å². The van der Waals surface area contributed by atoms with Gasteiger partial charge in [0.05, 0.1) is 5.39 Å². The van der Waals surface area contributed by atoms with Crippen molar-refractivity contribution in [3.8, 4) is 10.4 Å². The second-order valence-electron chi connectivity index (χ2n) is 6.69. The maximum atomic E-state index is 13.5. The van der Waals surface area contributed by atoms with Gasteiger partial charge < -0.3 is 5.11 Å². The van der Waals surface area contributed by atoms with E-state index in [1.807, 2.05) is 24.4 Å². The van der Waals surface area contributed by atoms with Crippen LogP contribution in [0.3, 0.4) is 0 Å². The third kappa shape index (κ3) is 2.89. The third-order valence-electron chi connectivity index (χ3n) is 4.51. The molecule has 3 aromatic rings. The maximum Gasteiger partial charge on any atom is 0.329 e. The number of carboxylic acids is 1. The molecule has 0 saturated carbocycles. The molecule has 5 nitrogen and oxygen atoms in total. The van der Waals surface area contributed by atoms with E-state index in [2.05, 4.69) is 6.92 Å². The van der Waals surface area contributed by atoms with Gasteiger partial charge in [-0.2, -0.15) is 0 Å². The van der Waals surface area contributed by atoms with Crippen molar-refractivity contribution in [2.75, 3.05) is 0 Å². The number of hydrogen-bond acceptors (Lipinski definition) is 5. The molecule has 0 amide bonds. The Labute approximate surface area is 160 Å². The maximum absolute atomic E-state index is 13.5. The normalized spacial score (nSPS) is 12.0. The largest absolute Gasteiger partial charge is 0.480 e. The number of hydrogen-bond donors (Lipinski definition) is 1. The summed E-state index contributed by atoms with van der Waals surface area (Å²) >= 11 is 3.12. The molecule has 138 valence electrons. The topological polar surface area (TPSA) is 72.2 Å². The molecule has 0 radical (unpaired) electrons. The minimum Gasteiger partial charge on any atom is -0.480 e. The lowest BCUT2D eigenvalue weighted by atomic mass is 10.0. The Morgan fingerprint density at radius 1 is 1.35 bits per heavy atom. The van der Waals surface area contributed by atoms with Crippen LogP contribution < -0.4 is 5.56 Å². The second-order valence-corrected chi connectivity index (χ2v) is 8.73. The van der Waals surface area contributed by atoms with Gasteiger partial charge in [0.2, 0.25) is 0 Å². The minimum atomic E-state index is -1.36. The van der Waals surface area contributed by atoms with Gasteiger partial charge in [0.25, 0.3) is 5.56 Å². The highest BCUT2D eigenvalue weighted by molar-refractivity contribution is 7.20. The summed E-state index contributed by atoms with van der Waals surface area (Å²) < 4.78 is 1.38. The zero-order valence-electron chi connectivity index (χ0n) is 15.3. The molecule has 0 aliphatic rings. The molecule has 0 aliphatic heterocycles. The predicted molar refractivity (Wildman–Crippen MR) is 108 cm³/mol. The van der Waals surface area contributed by atoms with Crippen LogP contribution >= 0.6 is 22.7 Å². The molecule has 0 atom stereocenters. The standard InChI is InChI=1S/C19H22N2O3S2/c1-5-8-13-20-16-15(17(22)21(13)19(3,4)18(23)24)14(11(6-2)26-16)12-9-7-10-25-12/h7,9-10H,5-6,8H2,1-4H3,(H,23,24). The summed E-state index contributed by atoms with van der Waals surface area (Å²) in [5.74, 6) is -0.499. The van der Waals surface area contributed by atoms with Crippen LogP contribution in [0, 0.1) is 0 Å². The summed E-state index contributed by atoms with van der Waals surface area (Å²) in [6.07, 6.45) is 2.16. The number of aliphatic carboxylic acids is 1. The zero-order valence-corrected chi connectivity index (χ0v) is 17.0. The molecule has 7 heteroatoms. The molecule has 3 aromatic heterocycles. The van der Waals surface area contributed by atoms with Crippen LogP contribution in [0.25, 0.3) is 20.7 Å². The molecule has 1 N–H and O–H groups in total. The first-order valence-electron chi connectivity index (χ1n) is 8.67. The van der Waals surface area contributed by atoms with E-state index in [4.69, 9.17) is 4.98 Å². The first-order valence-corrected chi connectivity index (χ1v) is 10.4. The Morgan fingerprint density at radius 2 is 2.08 bits per heavy atom. The molecule has 3 rings (SSSR count). The van der Waals surface area contributed by atoms with Gasteiger partial charge in [-0.15, -0.1) is 22.7 Å². The molecule has 0 bridgehead atoms. The lowest BCUT2D eigenvalue weighted by Gasteiger charge is -2.25. The molecule has 26 heavy (non-hydrogen) atoms. The summed E-state index contributed by atoms with van der Waals surface area (Å²) in [5, 5.41) is 12.2. The van der Waals surface area contributed by atoms with Crippen molar-refractivity contribution in [3.63, 3.8) is 0 Å². The lowest BCUT2D eigenvalue weighted by molar-refractivity contribution is -0.146. The zero-order chi connectivity index (χ0) is 19.1. The molecule has 0 spiro atoms. The Kier molecular flexibility index (Phi) is 5.03. The molecule has 0 aromatic carbocycles. The number of aryl methyl sites for hydroxylation is 2. The average molecular weight is 391 g/mol. The smallest absolute Gasteiger partial charge is 0.329 e. The Balaban J connectivity index is 2.46. The molecule has 3 heterocycles. The third-order valence-corrected chi connectivity index (χ3v) is 6.63. The Bertz CT molecular complexity index is 1010. The highest BCUT2D eigenvalue weighted by Gasteiger charge is 2.34. The quantitative estimate of drug-likeness (QED) is 0.672. The van der Waals surface area contributed by atoms with Gasteiger partial charge in [-0.25, -0.2) is 9.78 Å². The van der Waals surface area contributed by atoms with Crippen molar-refractivity contribution in [2.45, 2.75) is 52.5 Å². The van der Waals surface area contributed by atoms with Gasteiger partial charge in [0.15, 0.2) is 0 Å². The van der Waals surface area contributed by atoms with Gasteiger partial charge in [-0.3, -0.25) is 9.36 Å². The van der Waals surface area contributed by atoms with Crippen LogP contribution in [0.2, 0.25) is 0 Å². The van der Waals surface area contributed by atoms with Crippen LogP contribution in [-0.2, 0) is 23.2 Å². The van der Waals surface area contributed by atoms with E-state index in [1.165, 1.54) is 15.9 Å². The lowest BCUT2D eigenvalue weighted by Crippen LogP contribution is -2.44. The highest BCUT2D eigenvalue weighted by Crippen LogP contribution is 2.39. The average Bonchev–Trinajstić information content (AvgIpc) is 3.21. The van der Waals surface area contributed by atoms with Crippen molar-refractivity contribution >= 4 is 38.9 Å². The Hall–Kier alpha value is -1.99. The number of aromatic nitrogens is 2. The van der Waals surface area contributed by atoms with Crippen molar-refractivity contribution in [1.29, 1.82) is 0 Å². The van der Waals surface area contributed by atoms with Crippen LogP contribution in [0.4, 0.5) is 0 Å². The first-order chi connectivity index (χ1) is 12.3. The van der Waals surface area contributed by atoms with Gasteiger partial charge >= 0.3 is 5.97 Å². The van der Waals surface area contributed by atoms with Gasteiger partial charge in [0, 0.05) is 21.7 Å². The molecular formula is C19H22N2O3S2. The summed E-state index contributed by atoms with van der Waals surface area (Å²) in [7, 11) is 0. The SMILES string of the molecule is CCCc1nc2sc(CC)c(-c3cccs3)c2c(=O)n1C(C)(C)C(=O)O. The van der Waals surface area contributed by atoms with Crippen molar-refractivity contribution < 1.29 is 9.90 Å². The van der Waals surface area contributed by atoms with Crippen molar-refractivity contribution in [1.82, 2.24) is 9.55 Å². The highest BCUT2D eigenvalue weighted by atomic mass is 32.1. The summed E-state index contributed by atoms with van der Waals surface area (Å²) in [6.45, 7) is 7.18. The van der Waals surface area contributed by atoms with E-state index >= 15 is 0 Å². The van der Waals surface area contributed by atoms with E-state index in [0.29, 0.717) is 22.5 Å². The van der Waals surface area contributed by atoms with E-state index in [1.54, 1.807) is 25.2 Å². The minimum absolute atomic E-state index is 0.259. The summed E-state index contributed by atoms with van der Waals surface area (Å²) in [6, 6.07) is 3.96. The van der Waals surface area contributed by atoms with Gasteiger partial charge in [-0.05, 0) is 38.1 Å². The van der Waals surface area contributed by atoms with Crippen LogP contribution in [-0.4, -0.2) is 20.6 Å². The number of nitrogens with zero attached hydrogens (tertiary/aromatic N) is 2. The summed E-state index contributed by atoms with van der Waals surface area (Å²) in [5.41, 5.74) is -0.702. The van der Waals surface area contributed by atoms with Gasteiger partial charge in [-0.1, -0.05) is 19.9 Å². The van der Waals surface area contributed by atoms with Crippen molar-refractivity contribution in [2.24, 2.45) is 0 Å². The van der Waals surface area contributed by atoms with E-state index in [9.17, 15) is 14.7 Å². The number of thiophene rings is 2. The fraction of sp³-hybridized carbons (Fsp3) is 0.421. The van der Waals surface area contributed by atoms with E-state index in [-0.39, 0.29) is 5.56 Å².